The molecule has 0 N–H and O–H groups in total. The third-order valence-electron chi connectivity index (χ3n) is 2.15. The smallest absolute Gasteiger partial charge is 0.300 e. The first kappa shape index (κ1) is 15.7. The van der Waals surface area contributed by atoms with E-state index in [9.17, 15) is 13.2 Å². The molecule has 96 valence electrons. The maximum Gasteiger partial charge on any atom is 0.405 e. The minimum Gasteiger partial charge on any atom is -0.300 e. The van der Waals surface area contributed by atoms with Gasteiger partial charge in [0.05, 0.1) is 12.1 Å². The van der Waals surface area contributed by atoms with Gasteiger partial charge in [-0.2, -0.15) is 23.7 Å². The molecule has 0 aliphatic rings. The van der Waals surface area contributed by atoms with E-state index in [4.69, 9.17) is 10.5 Å². The molecule has 0 aromatic carbocycles. The number of hydrogen-bond acceptors (Lipinski definition) is 3. The first-order chi connectivity index (χ1) is 7.81. The number of nitriles is 2. The van der Waals surface area contributed by atoms with Crippen LogP contribution < -0.4 is 0 Å². The van der Waals surface area contributed by atoms with Gasteiger partial charge in [0, 0.05) is 26.1 Å². The van der Waals surface area contributed by atoms with E-state index in [0.29, 0.717) is 6.54 Å². The molecule has 0 amide bonds. The molecule has 0 saturated carbocycles. The van der Waals surface area contributed by atoms with Crippen LogP contribution in [0.2, 0.25) is 0 Å². The minimum atomic E-state index is -4.50. The van der Waals surface area contributed by atoms with Gasteiger partial charge in [0.1, 0.15) is 0 Å². The van der Waals surface area contributed by atoms with Crippen molar-refractivity contribution in [3.63, 3.8) is 0 Å². The van der Waals surface area contributed by atoms with Gasteiger partial charge in [0.25, 0.3) is 0 Å². The van der Waals surface area contributed by atoms with Crippen molar-refractivity contribution in [2.24, 2.45) is 11.8 Å². The summed E-state index contributed by atoms with van der Waals surface area (Å²) in [6, 6.07) is 3.17. The molecule has 0 fully saturated rings. The van der Waals surface area contributed by atoms with Crippen LogP contribution in [0, 0.1) is 34.5 Å². The molecule has 0 saturated heterocycles. The second kappa shape index (κ2) is 7.13. The molecule has 0 radical (unpaired) electrons. The molecule has 0 aromatic heterocycles. The van der Waals surface area contributed by atoms with Crippen LogP contribution in [0.25, 0.3) is 0 Å². The molecule has 3 nitrogen and oxygen atoms in total. The Morgan fingerprint density at radius 2 is 1.76 bits per heavy atom. The SMILES string of the molecule is CC(C)CN(CCC#N)CC(C#N)C(F)(F)F. The van der Waals surface area contributed by atoms with Crippen molar-refractivity contribution in [1.29, 1.82) is 10.5 Å². The zero-order valence-corrected chi connectivity index (χ0v) is 9.96. The molecular weight excluding hydrogens is 231 g/mol. The lowest BCUT2D eigenvalue weighted by molar-refractivity contribution is -0.163. The third-order valence-corrected chi connectivity index (χ3v) is 2.15. The Balaban J connectivity index is 4.50. The van der Waals surface area contributed by atoms with E-state index in [2.05, 4.69) is 0 Å². The molecular formula is C11H16F3N3. The van der Waals surface area contributed by atoms with Crippen LogP contribution in [0.1, 0.15) is 20.3 Å². The fraction of sp³-hybridized carbons (Fsp3) is 0.818. The molecule has 0 spiro atoms. The molecule has 0 aromatic rings. The van der Waals surface area contributed by atoms with E-state index in [1.165, 1.54) is 11.0 Å². The lowest BCUT2D eigenvalue weighted by Crippen LogP contribution is -2.38. The van der Waals surface area contributed by atoms with Crippen LogP contribution in [0.15, 0.2) is 0 Å². The molecule has 0 bridgehead atoms. The fourth-order valence-electron chi connectivity index (χ4n) is 1.46. The van der Waals surface area contributed by atoms with E-state index >= 15 is 0 Å². The van der Waals surface area contributed by atoms with E-state index in [0.717, 1.165) is 0 Å². The molecule has 0 heterocycles. The maximum atomic E-state index is 12.4. The Morgan fingerprint density at radius 1 is 1.18 bits per heavy atom. The highest BCUT2D eigenvalue weighted by atomic mass is 19.4. The zero-order chi connectivity index (χ0) is 13.5. The average Bonchev–Trinajstić information content (AvgIpc) is 2.19. The Kier molecular flexibility index (Phi) is 6.60. The molecule has 0 aliphatic carbocycles. The molecule has 1 atom stereocenters. The number of alkyl halides is 3. The fourth-order valence-corrected chi connectivity index (χ4v) is 1.46. The molecule has 1 unspecified atom stereocenters. The number of hydrogen-bond donors (Lipinski definition) is 0. The predicted molar refractivity (Wildman–Crippen MR) is 56.7 cm³/mol. The van der Waals surface area contributed by atoms with Crippen molar-refractivity contribution in [2.45, 2.75) is 26.4 Å². The molecule has 17 heavy (non-hydrogen) atoms. The van der Waals surface area contributed by atoms with E-state index in [1.54, 1.807) is 0 Å². The Morgan fingerprint density at radius 3 is 2.12 bits per heavy atom. The third kappa shape index (κ3) is 6.80. The second-order valence-corrected chi connectivity index (χ2v) is 4.28. The van der Waals surface area contributed by atoms with Crippen LogP contribution in [0.5, 0.6) is 0 Å². The first-order valence-corrected chi connectivity index (χ1v) is 5.36. The van der Waals surface area contributed by atoms with E-state index in [1.807, 2.05) is 19.9 Å². The first-order valence-electron chi connectivity index (χ1n) is 5.36. The van der Waals surface area contributed by atoms with Gasteiger partial charge in [0.2, 0.25) is 0 Å². The van der Waals surface area contributed by atoms with Crippen LogP contribution in [0.4, 0.5) is 13.2 Å². The quantitative estimate of drug-likeness (QED) is 0.724. The second-order valence-electron chi connectivity index (χ2n) is 4.28. The van der Waals surface area contributed by atoms with Crippen LogP contribution >= 0.6 is 0 Å². The van der Waals surface area contributed by atoms with Gasteiger partial charge in [-0.1, -0.05) is 13.8 Å². The summed E-state index contributed by atoms with van der Waals surface area (Å²) in [5, 5.41) is 16.9. The highest BCUT2D eigenvalue weighted by Crippen LogP contribution is 2.26. The van der Waals surface area contributed by atoms with Crippen molar-refractivity contribution in [3.8, 4) is 12.1 Å². The predicted octanol–water partition coefficient (Wildman–Crippen LogP) is 2.56. The van der Waals surface area contributed by atoms with Crippen molar-refractivity contribution < 1.29 is 13.2 Å². The number of nitrogens with zero attached hydrogens (tertiary/aromatic N) is 3. The Labute approximate surface area is 99.4 Å². The van der Waals surface area contributed by atoms with Gasteiger partial charge in [0.15, 0.2) is 5.92 Å². The molecule has 0 aliphatic heterocycles. The zero-order valence-electron chi connectivity index (χ0n) is 9.96. The van der Waals surface area contributed by atoms with Crippen LogP contribution in [-0.2, 0) is 0 Å². The van der Waals surface area contributed by atoms with Crippen molar-refractivity contribution in [3.05, 3.63) is 0 Å². The maximum absolute atomic E-state index is 12.4. The van der Waals surface area contributed by atoms with Crippen LogP contribution in [0.3, 0.4) is 0 Å². The van der Waals surface area contributed by atoms with Gasteiger partial charge in [-0.3, -0.25) is 0 Å². The highest BCUT2D eigenvalue weighted by molar-refractivity contribution is 4.91. The topological polar surface area (TPSA) is 50.8 Å². The van der Waals surface area contributed by atoms with Crippen molar-refractivity contribution >= 4 is 0 Å². The van der Waals surface area contributed by atoms with Crippen LogP contribution in [-0.4, -0.2) is 30.7 Å². The normalized spacial score (nSPS) is 13.5. The Bertz CT molecular complexity index is 299. The largest absolute Gasteiger partial charge is 0.405 e. The van der Waals surface area contributed by atoms with Crippen molar-refractivity contribution in [2.75, 3.05) is 19.6 Å². The summed E-state index contributed by atoms with van der Waals surface area (Å²) in [5.74, 6) is -1.79. The lowest BCUT2D eigenvalue weighted by atomic mass is 10.1. The summed E-state index contributed by atoms with van der Waals surface area (Å²) in [6.45, 7) is 4.13. The minimum absolute atomic E-state index is 0.169. The van der Waals surface area contributed by atoms with Gasteiger partial charge >= 0.3 is 6.18 Å². The van der Waals surface area contributed by atoms with Gasteiger partial charge in [-0.25, -0.2) is 0 Å². The average molecular weight is 247 g/mol. The highest BCUT2D eigenvalue weighted by Gasteiger charge is 2.40. The van der Waals surface area contributed by atoms with Gasteiger partial charge in [-0.05, 0) is 5.92 Å². The van der Waals surface area contributed by atoms with Gasteiger partial charge in [-0.15, -0.1) is 0 Å². The molecule has 0 rings (SSSR count). The summed E-state index contributed by atoms with van der Waals surface area (Å²) >= 11 is 0. The van der Waals surface area contributed by atoms with E-state index in [-0.39, 0.29) is 25.4 Å². The Hall–Kier alpha value is -1.27. The number of halogens is 3. The van der Waals surface area contributed by atoms with Crippen molar-refractivity contribution in [1.82, 2.24) is 4.90 Å². The van der Waals surface area contributed by atoms with E-state index < -0.39 is 12.1 Å². The lowest BCUT2D eigenvalue weighted by Gasteiger charge is -2.26. The monoisotopic (exact) mass is 247 g/mol. The van der Waals surface area contributed by atoms with Gasteiger partial charge < -0.3 is 4.90 Å². The summed E-state index contributed by atoms with van der Waals surface area (Å²) in [5.41, 5.74) is 0. The summed E-state index contributed by atoms with van der Waals surface area (Å²) in [6.07, 6.45) is -4.33. The summed E-state index contributed by atoms with van der Waals surface area (Å²) in [7, 11) is 0. The summed E-state index contributed by atoms with van der Waals surface area (Å²) in [4.78, 5) is 1.52. The number of rotatable bonds is 6. The molecule has 6 heteroatoms. The standard InChI is InChI=1S/C11H16F3N3/c1-9(2)7-17(5-3-4-15)8-10(6-16)11(12,13)14/h9-10H,3,5,7-8H2,1-2H3. The summed E-state index contributed by atoms with van der Waals surface area (Å²) < 4.78 is 37.3.